The molecule has 1 atom stereocenters. The molecule has 2 aromatic rings. The van der Waals surface area contributed by atoms with Gasteiger partial charge in [-0.25, -0.2) is 13.8 Å². The lowest BCUT2D eigenvalue weighted by Crippen LogP contribution is -2.30. The van der Waals surface area contributed by atoms with E-state index in [-0.39, 0.29) is 31.4 Å². The summed E-state index contributed by atoms with van der Waals surface area (Å²) in [6.07, 6.45) is 3.35. The Kier molecular flexibility index (Phi) is 6.22. The predicted octanol–water partition coefficient (Wildman–Crippen LogP) is 4.84. The molecule has 0 radical (unpaired) electrons. The summed E-state index contributed by atoms with van der Waals surface area (Å²) < 4.78 is 39.5. The average Bonchev–Trinajstić information content (AvgIpc) is 2.93. The van der Waals surface area contributed by atoms with Gasteiger partial charge in [0.15, 0.2) is 11.5 Å². The van der Waals surface area contributed by atoms with Crippen LogP contribution in [0.3, 0.4) is 0 Å². The van der Waals surface area contributed by atoms with Crippen molar-refractivity contribution in [3.8, 4) is 11.5 Å². The summed E-state index contributed by atoms with van der Waals surface area (Å²) in [4.78, 5) is 19.3. The van der Waals surface area contributed by atoms with E-state index in [1.165, 1.54) is 11.8 Å². The van der Waals surface area contributed by atoms with E-state index in [1.54, 1.807) is 30.5 Å². The van der Waals surface area contributed by atoms with Gasteiger partial charge < -0.3 is 19.7 Å². The number of benzene rings is 1. The number of aromatic nitrogens is 1. The molecule has 1 fully saturated rings. The highest BCUT2D eigenvalue weighted by molar-refractivity contribution is 7.98. The molecule has 1 unspecified atom stereocenters. The molecule has 2 aliphatic heterocycles. The van der Waals surface area contributed by atoms with Gasteiger partial charge >= 0.3 is 0 Å². The molecule has 1 N–H and O–H groups in total. The Bertz CT molecular complexity index is 973. The van der Waals surface area contributed by atoms with Crippen LogP contribution < -0.4 is 19.7 Å². The zero-order chi connectivity index (χ0) is 22.0. The van der Waals surface area contributed by atoms with Crippen LogP contribution in [0.25, 0.3) is 0 Å². The maximum Gasteiger partial charge on any atom is 0.257 e. The van der Waals surface area contributed by atoms with E-state index in [1.807, 2.05) is 18.1 Å². The number of hydrogen-bond donors (Lipinski definition) is 1. The third-order valence-electron chi connectivity index (χ3n) is 5.37. The lowest BCUT2D eigenvalue weighted by atomic mass is 10.1. The first kappa shape index (κ1) is 21.7. The van der Waals surface area contributed by atoms with E-state index in [0.717, 1.165) is 5.03 Å². The Labute approximate surface area is 184 Å². The number of hydrogen-bond acceptors (Lipinski definition) is 6. The summed E-state index contributed by atoms with van der Waals surface area (Å²) in [5.74, 6) is -2.03. The normalized spacial score (nSPS) is 20.1. The highest BCUT2D eigenvalue weighted by Crippen LogP contribution is 2.40. The zero-order valence-electron chi connectivity index (χ0n) is 17.5. The maximum absolute atomic E-state index is 13.9. The van der Waals surface area contributed by atoms with E-state index >= 15 is 0 Å². The first-order valence-electron chi connectivity index (χ1n) is 10.3. The molecule has 1 aromatic carbocycles. The second kappa shape index (κ2) is 8.90. The van der Waals surface area contributed by atoms with E-state index in [9.17, 15) is 13.6 Å². The number of anilines is 2. The van der Waals surface area contributed by atoms with Gasteiger partial charge in [0.05, 0.1) is 16.3 Å². The Morgan fingerprint density at radius 2 is 2.10 bits per heavy atom. The second-order valence-electron chi connectivity index (χ2n) is 7.79. The SMILES string of the molecule is CSc1cc(NC(=O)c2cc3c(cc2N2CCCC(F)(F)CC2)OC(C)CO3)ccn1. The van der Waals surface area contributed by atoms with Crippen LogP contribution in [-0.2, 0) is 0 Å². The Hall–Kier alpha value is -2.55. The number of amides is 1. The van der Waals surface area contributed by atoms with Gasteiger partial charge in [0.2, 0.25) is 5.92 Å². The van der Waals surface area contributed by atoms with Crippen LogP contribution in [0.1, 0.15) is 36.5 Å². The van der Waals surface area contributed by atoms with Crippen molar-refractivity contribution in [2.24, 2.45) is 0 Å². The third-order valence-corrected chi connectivity index (χ3v) is 6.01. The number of ether oxygens (including phenoxy) is 2. The highest BCUT2D eigenvalue weighted by Gasteiger charge is 2.33. The minimum Gasteiger partial charge on any atom is -0.486 e. The summed E-state index contributed by atoms with van der Waals surface area (Å²) in [5, 5.41) is 3.68. The van der Waals surface area contributed by atoms with Crippen molar-refractivity contribution >= 4 is 29.0 Å². The summed E-state index contributed by atoms with van der Waals surface area (Å²) in [5.41, 5.74) is 1.55. The number of halogens is 2. The van der Waals surface area contributed by atoms with Crippen molar-refractivity contribution in [1.82, 2.24) is 4.98 Å². The van der Waals surface area contributed by atoms with Gasteiger partial charge in [-0.2, -0.15) is 0 Å². The van der Waals surface area contributed by atoms with Crippen molar-refractivity contribution < 1.29 is 23.0 Å². The quantitative estimate of drug-likeness (QED) is 0.674. The van der Waals surface area contributed by atoms with Crippen LogP contribution in [0.4, 0.5) is 20.2 Å². The second-order valence-corrected chi connectivity index (χ2v) is 8.62. The first-order valence-corrected chi connectivity index (χ1v) is 11.5. The van der Waals surface area contributed by atoms with E-state index < -0.39 is 5.92 Å². The minimum absolute atomic E-state index is 0.129. The number of nitrogens with one attached hydrogen (secondary N) is 1. The first-order chi connectivity index (χ1) is 14.8. The van der Waals surface area contributed by atoms with E-state index in [4.69, 9.17) is 9.47 Å². The van der Waals surface area contributed by atoms with Crippen LogP contribution in [0, 0.1) is 0 Å². The Balaban J connectivity index is 1.68. The topological polar surface area (TPSA) is 63.7 Å². The Morgan fingerprint density at radius 3 is 2.90 bits per heavy atom. The number of carbonyl (C=O) groups excluding carboxylic acids is 1. The number of thioether (sulfide) groups is 1. The van der Waals surface area contributed by atoms with Gasteiger partial charge in [-0.3, -0.25) is 4.79 Å². The van der Waals surface area contributed by atoms with Crippen LogP contribution in [0.2, 0.25) is 0 Å². The molecule has 0 aliphatic carbocycles. The van der Waals surface area contributed by atoms with E-state index in [2.05, 4.69) is 10.3 Å². The van der Waals surface area contributed by atoms with Crippen molar-refractivity contribution in [3.63, 3.8) is 0 Å². The fourth-order valence-electron chi connectivity index (χ4n) is 3.76. The lowest BCUT2D eigenvalue weighted by Gasteiger charge is -2.29. The van der Waals surface area contributed by atoms with Crippen molar-refractivity contribution in [3.05, 3.63) is 36.0 Å². The van der Waals surface area contributed by atoms with Crippen LogP contribution in [0.15, 0.2) is 35.5 Å². The van der Waals surface area contributed by atoms with Crippen LogP contribution in [-0.4, -0.2) is 48.9 Å². The van der Waals surface area contributed by atoms with Crippen molar-refractivity contribution in [1.29, 1.82) is 0 Å². The molecule has 166 valence electrons. The number of rotatable bonds is 4. The maximum atomic E-state index is 13.9. The van der Waals surface area contributed by atoms with Gasteiger partial charge in [0, 0.05) is 43.9 Å². The fraction of sp³-hybridized carbons (Fsp3) is 0.455. The molecule has 1 saturated heterocycles. The van der Waals surface area contributed by atoms with Gasteiger partial charge in [-0.1, -0.05) is 0 Å². The zero-order valence-corrected chi connectivity index (χ0v) is 18.3. The van der Waals surface area contributed by atoms with Crippen LogP contribution in [0.5, 0.6) is 11.5 Å². The summed E-state index contributed by atoms with van der Waals surface area (Å²) >= 11 is 1.47. The summed E-state index contributed by atoms with van der Waals surface area (Å²) in [6, 6.07) is 6.88. The molecule has 0 saturated carbocycles. The average molecular weight is 450 g/mol. The molecular formula is C22H25F2N3O3S. The molecule has 6 nitrogen and oxygen atoms in total. The number of pyridine rings is 1. The molecule has 1 aromatic heterocycles. The molecular weight excluding hydrogens is 424 g/mol. The molecule has 9 heteroatoms. The summed E-state index contributed by atoms with van der Waals surface area (Å²) in [7, 11) is 0. The monoisotopic (exact) mass is 449 g/mol. The van der Waals surface area contributed by atoms with Gasteiger partial charge in [-0.15, -0.1) is 11.8 Å². The van der Waals surface area contributed by atoms with Gasteiger partial charge in [-0.05, 0) is 37.8 Å². The molecule has 2 aliphatic rings. The molecule has 0 bridgehead atoms. The molecule has 3 heterocycles. The molecule has 4 rings (SSSR count). The third kappa shape index (κ3) is 5.03. The summed E-state index contributed by atoms with van der Waals surface area (Å²) in [6.45, 7) is 2.87. The highest BCUT2D eigenvalue weighted by atomic mass is 32.2. The van der Waals surface area contributed by atoms with E-state index in [0.29, 0.717) is 48.0 Å². The number of nitrogens with zero attached hydrogens (tertiary/aromatic N) is 2. The minimum atomic E-state index is -2.69. The van der Waals surface area contributed by atoms with Crippen molar-refractivity contribution in [2.75, 3.05) is 36.2 Å². The molecule has 31 heavy (non-hydrogen) atoms. The molecule has 0 spiro atoms. The van der Waals surface area contributed by atoms with Crippen LogP contribution >= 0.6 is 11.8 Å². The fourth-order valence-corrected chi connectivity index (χ4v) is 4.17. The number of fused-ring (bicyclic) bond motifs is 1. The predicted molar refractivity (Wildman–Crippen MR) is 117 cm³/mol. The molecule has 1 amide bonds. The van der Waals surface area contributed by atoms with Gasteiger partial charge in [0.25, 0.3) is 5.91 Å². The number of carbonyl (C=O) groups is 1. The van der Waals surface area contributed by atoms with Gasteiger partial charge in [0.1, 0.15) is 12.7 Å². The van der Waals surface area contributed by atoms with Crippen molar-refractivity contribution in [2.45, 2.75) is 43.2 Å². The smallest absolute Gasteiger partial charge is 0.257 e. The Morgan fingerprint density at radius 1 is 1.26 bits per heavy atom. The lowest BCUT2D eigenvalue weighted by molar-refractivity contribution is -0.0102. The number of alkyl halides is 2. The standard InChI is InChI=1S/C22H25F2N3O3S/c1-14-13-29-18-11-16(21(28)26-15-4-7-25-20(10-15)31-2)17(12-19(18)30-14)27-8-3-5-22(23,24)6-9-27/h4,7,10-12,14H,3,5-6,8-9,13H2,1-2H3,(H,25,26,28). The largest absolute Gasteiger partial charge is 0.486 e.